The molecule has 0 radical (unpaired) electrons. The predicted octanol–water partition coefficient (Wildman–Crippen LogP) is -0.622. The fourth-order valence-corrected chi connectivity index (χ4v) is 3.80. The Hall–Kier alpha value is -2.17. The molecule has 3 rings (SSSR count). The summed E-state index contributed by atoms with van der Waals surface area (Å²) >= 11 is 0. The predicted molar refractivity (Wildman–Crippen MR) is 112 cm³/mol. The van der Waals surface area contributed by atoms with Gasteiger partial charge in [0.1, 0.15) is 0 Å². The van der Waals surface area contributed by atoms with Gasteiger partial charge in [-0.15, -0.1) is 12.4 Å². The Bertz CT molecular complexity index is 968. The molecular weight excluding hydrogens is 400 g/mol. The molecule has 0 bridgehead atoms. The molecule has 0 aromatic carbocycles. The van der Waals surface area contributed by atoms with Crippen molar-refractivity contribution < 1.29 is 9.53 Å². The number of ether oxygens (including phenoxy) is 1. The Morgan fingerprint density at radius 1 is 1.28 bits per heavy atom. The van der Waals surface area contributed by atoms with Crippen LogP contribution in [0, 0.1) is 5.41 Å². The second-order valence-electron chi connectivity index (χ2n) is 7.53. The van der Waals surface area contributed by atoms with E-state index in [0.717, 1.165) is 30.5 Å². The first-order chi connectivity index (χ1) is 13.4. The van der Waals surface area contributed by atoms with Crippen LogP contribution in [-0.2, 0) is 30.2 Å². The molecule has 2 N–H and O–H groups in total. The number of hydrogen-bond donors (Lipinski definition) is 2. The first-order valence-electron chi connectivity index (χ1n) is 9.46. The molecule has 1 amide bonds. The SMILES string of the molecule is COCC1(CNC(=O)CCn2cnc3c2c(=O)n(C)c(=O)n3C)CCNCC1.Cl. The third kappa shape index (κ3) is 4.71. The summed E-state index contributed by atoms with van der Waals surface area (Å²) in [4.78, 5) is 41.0. The van der Waals surface area contributed by atoms with Gasteiger partial charge in [0.05, 0.1) is 12.9 Å². The number of fused-ring (bicyclic) bond motifs is 1. The number of aryl methyl sites for hydroxylation is 2. The lowest BCUT2D eigenvalue weighted by Gasteiger charge is -2.37. The average molecular weight is 429 g/mol. The number of nitrogens with one attached hydrogen (secondary N) is 2. The third-order valence-electron chi connectivity index (χ3n) is 5.57. The quantitative estimate of drug-likeness (QED) is 0.607. The van der Waals surface area contributed by atoms with Crippen molar-refractivity contribution >= 4 is 29.5 Å². The van der Waals surface area contributed by atoms with Crippen LogP contribution in [0.4, 0.5) is 0 Å². The summed E-state index contributed by atoms with van der Waals surface area (Å²) in [5.74, 6) is -0.0856. The summed E-state index contributed by atoms with van der Waals surface area (Å²) in [6, 6.07) is 0. The second kappa shape index (κ2) is 9.55. The van der Waals surface area contributed by atoms with E-state index in [1.807, 2.05) is 0 Å². The molecule has 1 aliphatic heterocycles. The van der Waals surface area contributed by atoms with Gasteiger partial charge in [-0.3, -0.25) is 18.7 Å². The van der Waals surface area contributed by atoms with Crippen LogP contribution >= 0.6 is 12.4 Å². The average Bonchev–Trinajstić information content (AvgIpc) is 3.13. The van der Waals surface area contributed by atoms with E-state index in [1.54, 1.807) is 18.7 Å². The number of hydrogen-bond acceptors (Lipinski definition) is 6. The first kappa shape index (κ1) is 23.1. The number of carbonyl (C=O) groups excluding carboxylic acids is 1. The molecule has 2 aromatic heterocycles. The molecule has 29 heavy (non-hydrogen) atoms. The van der Waals surface area contributed by atoms with Crippen molar-refractivity contribution in [3.63, 3.8) is 0 Å². The van der Waals surface area contributed by atoms with E-state index in [9.17, 15) is 14.4 Å². The molecule has 2 aromatic rings. The second-order valence-corrected chi connectivity index (χ2v) is 7.53. The van der Waals surface area contributed by atoms with Crippen LogP contribution in [0.5, 0.6) is 0 Å². The lowest BCUT2D eigenvalue weighted by Crippen LogP contribution is -2.47. The third-order valence-corrected chi connectivity index (χ3v) is 5.57. The van der Waals surface area contributed by atoms with E-state index in [-0.39, 0.29) is 30.2 Å². The normalized spacial score (nSPS) is 15.8. The number of rotatable bonds is 7. The van der Waals surface area contributed by atoms with Crippen LogP contribution in [0.25, 0.3) is 11.2 Å². The van der Waals surface area contributed by atoms with Crippen molar-refractivity contribution in [1.29, 1.82) is 0 Å². The molecule has 0 aliphatic carbocycles. The molecule has 0 saturated carbocycles. The standard InChI is InChI=1S/C18H28N6O4.ClH/c1-22-15-14(16(26)23(2)17(22)27)24(12-21-15)9-4-13(25)20-10-18(11-28-3)5-7-19-8-6-18;/h12,19H,4-11H2,1-3H3,(H,20,25);1H. The Labute approximate surface area is 174 Å². The summed E-state index contributed by atoms with van der Waals surface area (Å²) in [6.07, 6.45) is 3.63. The van der Waals surface area contributed by atoms with Gasteiger partial charge in [-0.1, -0.05) is 0 Å². The molecule has 162 valence electrons. The Morgan fingerprint density at radius 3 is 2.62 bits per heavy atom. The van der Waals surface area contributed by atoms with Gasteiger partial charge < -0.3 is 19.9 Å². The fourth-order valence-electron chi connectivity index (χ4n) is 3.80. The molecule has 0 spiro atoms. The molecule has 1 saturated heterocycles. The monoisotopic (exact) mass is 428 g/mol. The topological polar surface area (TPSA) is 112 Å². The summed E-state index contributed by atoms with van der Waals surface area (Å²) < 4.78 is 9.38. The number of piperidine rings is 1. The summed E-state index contributed by atoms with van der Waals surface area (Å²) in [5.41, 5.74) is -0.226. The molecule has 3 heterocycles. The van der Waals surface area contributed by atoms with Crippen molar-refractivity contribution in [3.05, 3.63) is 27.2 Å². The molecule has 11 heteroatoms. The molecule has 0 unspecified atom stereocenters. The van der Waals surface area contributed by atoms with Gasteiger partial charge in [-0.05, 0) is 25.9 Å². The highest BCUT2D eigenvalue weighted by Gasteiger charge is 2.32. The van der Waals surface area contributed by atoms with Gasteiger partial charge in [-0.25, -0.2) is 9.78 Å². The highest BCUT2D eigenvalue weighted by molar-refractivity contribution is 5.85. The number of methoxy groups -OCH3 is 1. The molecule has 0 atom stereocenters. The first-order valence-corrected chi connectivity index (χ1v) is 9.46. The summed E-state index contributed by atoms with van der Waals surface area (Å²) in [7, 11) is 4.69. The van der Waals surface area contributed by atoms with Gasteiger partial charge in [-0.2, -0.15) is 0 Å². The summed E-state index contributed by atoms with van der Waals surface area (Å²) in [5, 5.41) is 6.35. The van der Waals surface area contributed by atoms with Crippen molar-refractivity contribution in [1.82, 2.24) is 29.3 Å². The van der Waals surface area contributed by atoms with Crippen LogP contribution in [0.15, 0.2) is 15.9 Å². The largest absolute Gasteiger partial charge is 0.384 e. The van der Waals surface area contributed by atoms with E-state index in [4.69, 9.17) is 4.74 Å². The maximum atomic E-state index is 12.4. The van der Waals surface area contributed by atoms with Crippen LogP contribution in [0.2, 0.25) is 0 Å². The highest BCUT2D eigenvalue weighted by Crippen LogP contribution is 2.28. The lowest BCUT2D eigenvalue weighted by atomic mass is 9.79. The maximum Gasteiger partial charge on any atom is 0.332 e. The summed E-state index contributed by atoms with van der Waals surface area (Å²) in [6.45, 7) is 3.34. The zero-order valence-corrected chi connectivity index (χ0v) is 17.9. The van der Waals surface area contributed by atoms with Crippen molar-refractivity contribution in [2.75, 3.05) is 33.4 Å². The van der Waals surface area contributed by atoms with Crippen LogP contribution < -0.4 is 21.9 Å². The van der Waals surface area contributed by atoms with Crippen LogP contribution in [-0.4, -0.2) is 57.9 Å². The Balaban J connectivity index is 0.00000300. The minimum absolute atomic E-state index is 0. The van der Waals surface area contributed by atoms with Gasteiger partial charge >= 0.3 is 5.69 Å². The van der Waals surface area contributed by atoms with Gasteiger partial charge in [0.25, 0.3) is 5.56 Å². The Morgan fingerprint density at radius 2 is 1.97 bits per heavy atom. The maximum absolute atomic E-state index is 12.4. The van der Waals surface area contributed by atoms with E-state index >= 15 is 0 Å². The van der Waals surface area contributed by atoms with Crippen molar-refractivity contribution in [3.8, 4) is 0 Å². The smallest absolute Gasteiger partial charge is 0.332 e. The van der Waals surface area contributed by atoms with Crippen LogP contribution in [0.3, 0.4) is 0 Å². The highest BCUT2D eigenvalue weighted by atomic mass is 35.5. The van der Waals surface area contributed by atoms with Gasteiger partial charge in [0, 0.05) is 46.1 Å². The minimum atomic E-state index is -0.425. The van der Waals surface area contributed by atoms with E-state index < -0.39 is 11.2 Å². The number of amides is 1. The lowest BCUT2D eigenvalue weighted by molar-refractivity contribution is -0.122. The van der Waals surface area contributed by atoms with Gasteiger partial charge in [0.2, 0.25) is 5.91 Å². The zero-order chi connectivity index (χ0) is 20.3. The number of nitrogens with zero attached hydrogens (tertiary/aromatic N) is 4. The molecule has 1 aliphatic rings. The Kier molecular flexibility index (Phi) is 7.61. The van der Waals surface area contributed by atoms with Crippen molar-refractivity contribution in [2.24, 2.45) is 19.5 Å². The van der Waals surface area contributed by atoms with E-state index in [1.165, 1.54) is 17.9 Å². The number of carbonyl (C=O) groups is 1. The molecular formula is C18H29ClN6O4. The number of halogens is 1. The minimum Gasteiger partial charge on any atom is -0.384 e. The van der Waals surface area contributed by atoms with Crippen molar-refractivity contribution in [2.45, 2.75) is 25.8 Å². The van der Waals surface area contributed by atoms with E-state index in [0.29, 0.717) is 30.9 Å². The zero-order valence-electron chi connectivity index (χ0n) is 17.1. The molecule has 1 fully saturated rings. The van der Waals surface area contributed by atoms with E-state index in [2.05, 4.69) is 15.6 Å². The number of aromatic nitrogens is 4. The fraction of sp³-hybridized carbons (Fsp3) is 0.667. The van der Waals surface area contributed by atoms with Gasteiger partial charge in [0.15, 0.2) is 11.2 Å². The van der Waals surface area contributed by atoms with Crippen LogP contribution in [0.1, 0.15) is 19.3 Å². The molecule has 10 nitrogen and oxygen atoms in total. The number of imidazole rings is 1.